The molecular weight excluding hydrogens is 224 g/mol. The molecule has 0 saturated carbocycles. The molecule has 17 heavy (non-hydrogen) atoms. The number of hydrogen-bond donors (Lipinski definition) is 2. The highest BCUT2D eigenvalue weighted by Gasteiger charge is 2.41. The number of aliphatic carboxylic acids is 1. The Labute approximate surface area is 99.8 Å². The van der Waals surface area contributed by atoms with Crippen LogP contribution >= 0.6 is 0 Å². The quantitative estimate of drug-likeness (QED) is 0.744. The van der Waals surface area contributed by atoms with E-state index in [1.54, 1.807) is 0 Å². The summed E-state index contributed by atoms with van der Waals surface area (Å²) in [6.45, 7) is 2.25. The second-order valence-electron chi connectivity index (χ2n) is 4.78. The fourth-order valence-electron chi connectivity index (χ4n) is 2.81. The maximum Gasteiger partial charge on any atom is 0.408 e. The molecule has 1 amide bonds. The Kier molecular flexibility index (Phi) is 3.51. The summed E-state index contributed by atoms with van der Waals surface area (Å²) >= 11 is 0. The molecule has 2 aliphatic rings. The van der Waals surface area contributed by atoms with Gasteiger partial charge in [-0.2, -0.15) is 0 Å². The van der Waals surface area contributed by atoms with Crippen molar-refractivity contribution in [1.82, 2.24) is 9.80 Å². The van der Waals surface area contributed by atoms with Gasteiger partial charge in [-0.1, -0.05) is 6.42 Å². The van der Waals surface area contributed by atoms with Crippen LogP contribution in [0.15, 0.2) is 0 Å². The normalized spacial score (nSPS) is 30.5. The largest absolute Gasteiger partial charge is 0.480 e. The summed E-state index contributed by atoms with van der Waals surface area (Å²) in [6, 6.07) is -0.799. The minimum atomic E-state index is -1.13. The highest BCUT2D eigenvalue weighted by atomic mass is 16.4. The van der Waals surface area contributed by atoms with Gasteiger partial charge in [0.15, 0.2) is 0 Å². The maximum absolute atomic E-state index is 11.0. The Morgan fingerprint density at radius 1 is 1.06 bits per heavy atom. The van der Waals surface area contributed by atoms with Crippen molar-refractivity contribution in [1.29, 1.82) is 0 Å². The van der Waals surface area contributed by atoms with Crippen molar-refractivity contribution in [3.63, 3.8) is 0 Å². The summed E-state index contributed by atoms with van der Waals surface area (Å²) in [7, 11) is 0. The van der Waals surface area contributed by atoms with E-state index in [-0.39, 0.29) is 6.04 Å². The molecule has 2 N–H and O–H groups in total. The molecule has 2 fully saturated rings. The number of piperidine rings is 1. The van der Waals surface area contributed by atoms with Crippen LogP contribution in [0.1, 0.15) is 25.7 Å². The van der Waals surface area contributed by atoms with Crippen molar-refractivity contribution in [3.8, 4) is 0 Å². The third-order valence-electron chi connectivity index (χ3n) is 3.72. The molecule has 2 aliphatic heterocycles. The SMILES string of the molecule is O=C(O)[C@H]1C[C@@H](N2CCCCC2)CN1C(=O)O. The van der Waals surface area contributed by atoms with Crippen LogP contribution in [0.5, 0.6) is 0 Å². The summed E-state index contributed by atoms with van der Waals surface area (Å²) in [5, 5.41) is 18.0. The number of amides is 1. The highest BCUT2D eigenvalue weighted by Crippen LogP contribution is 2.25. The van der Waals surface area contributed by atoms with Gasteiger partial charge in [0.25, 0.3) is 0 Å². The van der Waals surface area contributed by atoms with Crippen LogP contribution in [0.4, 0.5) is 4.79 Å². The van der Waals surface area contributed by atoms with Crippen LogP contribution in [0.25, 0.3) is 0 Å². The molecule has 2 atom stereocenters. The molecule has 6 nitrogen and oxygen atoms in total. The fraction of sp³-hybridized carbons (Fsp3) is 0.818. The lowest BCUT2D eigenvalue weighted by Crippen LogP contribution is -2.42. The van der Waals surface area contributed by atoms with Gasteiger partial charge in [-0.05, 0) is 32.4 Å². The third kappa shape index (κ3) is 2.52. The zero-order valence-corrected chi connectivity index (χ0v) is 9.71. The number of rotatable bonds is 2. The lowest BCUT2D eigenvalue weighted by atomic mass is 10.1. The number of likely N-dealkylation sites (tertiary alicyclic amines) is 2. The molecular formula is C11H18N2O4. The molecule has 0 spiro atoms. The number of nitrogens with zero attached hydrogens (tertiary/aromatic N) is 2. The monoisotopic (exact) mass is 242 g/mol. The lowest BCUT2D eigenvalue weighted by Gasteiger charge is -2.31. The van der Waals surface area contributed by atoms with Crippen LogP contribution in [-0.2, 0) is 4.79 Å². The predicted octanol–water partition coefficient (Wildman–Crippen LogP) is 0.678. The first-order valence-electron chi connectivity index (χ1n) is 6.06. The van der Waals surface area contributed by atoms with Crippen molar-refractivity contribution in [3.05, 3.63) is 0 Å². The molecule has 0 aliphatic carbocycles. The average molecular weight is 242 g/mol. The zero-order chi connectivity index (χ0) is 12.4. The van der Waals surface area contributed by atoms with Gasteiger partial charge in [-0.15, -0.1) is 0 Å². The first-order valence-corrected chi connectivity index (χ1v) is 6.06. The molecule has 0 aromatic rings. The lowest BCUT2D eigenvalue weighted by molar-refractivity contribution is -0.141. The molecule has 0 bridgehead atoms. The minimum Gasteiger partial charge on any atom is -0.480 e. The smallest absolute Gasteiger partial charge is 0.408 e. The van der Waals surface area contributed by atoms with Crippen molar-refractivity contribution in [2.75, 3.05) is 19.6 Å². The molecule has 96 valence electrons. The van der Waals surface area contributed by atoms with Crippen LogP contribution in [0.2, 0.25) is 0 Å². The van der Waals surface area contributed by atoms with E-state index in [0.29, 0.717) is 13.0 Å². The van der Waals surface area contributed by atoms with E-state index in [1.165, 1.54) is 6.42 Å². The average Bonchev–Trinajstić information content (AvgIpc) is 2.75. The van der Waals surface area contributed by atoms with Crippen LogP contribution in [-0.4, -0.2) is 63.8 Å². The van der Waals surface area contributed by atoms with Crippen molar-refractivity contribution in [2.24, 2.45) is 0 Å². The molecule has 0 aromatic heterocycles. The number of carbonyl (C=O) groups is 2. The standard InChI is InChI=1S/C11H18N2O4/c14-10(15)9-6-8(7-13(9)11(16)17)12-4-2-1-3-5-12/h8-9H,1-7H2,(H,14,15)(H,16,17)/t8-,9-/m1/s1. The molecule has 0 aromatic carbocycles. The Hall–Kier alpha value is -1.30. The highest BCUT2D eigenvalue weighted by molar-refractivity contribution is 5.80. The van der Waals surface area contributed by atoms with E-state index < -0.39 is 18.1 Å². The topological polar surface area (TPSA) is 81.1 Å². The summed E-state index contributed by atoms with van der Waals surface area (Å²) < 4.78 is 0. The summed E-state index contributed by atoms with van der Waals surface area (Å²) in [5.41, 5.74) is 0. The van der Waals surface area contributed by atoms with Crippen LogP contribution in [0.3, 0.4) is 0 Å². The second kappa shape index (κ2) is 4.91. The van der Waals surface area contributed by atoms with Gasteiger partial charge in [0.1, 0.15) is 6.04 Å². The maximum atomic E-state index is 11.0. The van der Waals surface area contributed by atoms with Crippen LogP contribution < -0.4 is 0 Å². The van der Waals surface area contributed by atoms with Gasteiger partial charge >= 0.3 is 12.1 Å². The van der Waals surface area contributed by atoms with E-state index in [0.717, 1.165) is 30.8 Å². The Balaban J connectivity index is 2.02. The van der Waals surface area contributed by atoms with E-state index >= 15 is 0 Å². The summed E-state index contributed by atoms with van der Waals surface area (Å²) in [6.07, 6.45) is 2.76. The van der Waals surface area contributed by atoms with Crippen molar-refractivity contribution in [2.45, 2.75) is 37.8 Å². The molecule has 2 rings (SSSR count). The van der Waals surface area contributed by atoms with E-state index in [4.69, 9.17) is 10.2 Å². The number of hydrogen-bond acceptors (Lipinski definition) is 3. The first-order chi connectivity index (χ1) is 8.09. The summed E-state index contributed by atoms with van der Waals surface area (Å²) in [4.78, 5) is 25.3. The van der Waals surface area contributed by atoms with Gasteiger partial charge in [-0.25, -0.2) is 9.59 Å². The number of carboxylic acids is 1. The molecule has 2 heterocycles. The Morgan fingerprint density at radius 3 is 2.18 bits per heavy atom. The molecule has 0 unspecified atom stereocenters. The minimum absolute atomic E-state index is 0.0764. The molecule has 6 heteroatoms. The Bertz CT molecular complexity index is 293. The predicted molar refractivity (Wildman–Crippen MR) is 60.0 cm³/mol. The number of carboxylic acid groups (broad SMARTS) is 2. The summed E-state index contributed by atoms with van der Waals surface area (Å²) in [5.74, 6) is -1.04. The zero-order valence-electron chi connectivity index (χ0n) is 9.71. The third-order valence-corrected chi connectivity index (χ3v) is 3.72. The van der Waals surface area contributed by atoms with E-state index in [9.17, 15) is 9.59 Å². The molecule has 0 radical (unpaired) electrons. The van der Waals surface area contributed by atoms with Crippen LogP contribution in [0, 0.1) is 0 Å². The first kappa shape index (κ1) is 12.2. The van der Waals surface area contributed by atoms with Gasteiger partial charge in [0.2, 0.25) is 0 Å². The van der Waals surface area contributed by atoms with Gasteiger partial charge in [-0.3, -0.25) is 9.80 Å². The van der Waals surface area contributed by atoms with Crippen molar-refractivity contribution >= 4 is 12.1 Å². The van der Waals surface area contributed by atoms with Crippen molar-refractivity contribution < 1.29 is 19.8 Å². The second-order valence-corrected chi connectivity index (χ2v) is 4.78. The molecule has 2 saturated heterocycles. The van der Waals surface area contributed by atoms with E-state index in [2.05, 4.69) is 4.90 Å². The van der Waals surface area contributed by atoms with Gasteiger partial charge in [0.05, 0.1) is 0 Å². The Morgan fingerprint density at radius 2 is 1.71 bits per heavy atom. The van der Waals surface area contributed by atoms with Gasteiger partial charge in [0, 0.05) is 12.6 Å². The fourth-order valence-corrected chi connectivity index (χ4v) is 2.81. The van der Waals surface area contributed by atoms with Gasteiger partial charge < -0.3 is 10.2 Å². The van der Waals surface area contributed by atoms with E-state index in [1.807, 2.05) is 0 Å².